The molecule has 108 valence electrons. The zero-order valence-corrected chi connectivity index (χ0v) is 16.2. The summed E-state index contributed by atoms with van der Waals surface area (Å²) in [6.07, 6.45) is 8.85. The van der Waals surface area contributed by atoms with Gasteiger partial charge >= 0.3 is 0 Å². The van der Waals surface area contributed by atoms with Crippen LogP contribution in [0.5, 0.6) is 0 Å². The van der Waals surface area contributed by atoms with E-state index in [1.54, 1.807) is 0 Å². The maximum atomic E-state index is 4.11. The van der Waals surface area contributed by atoms with Gasteiger partial charge < -0.3 is 0 Å². The molecule has 20 heavy (non-hydrogen) atoms. The Kier molecular flexibility index (Phi) is 3.63. The molecule has 4 aliphatic rings. The van der Waals surface area contributed by atoms with Crippen LogP contribution in [0.15, 0.2) is 27.1 Å². The fraction of sp³-hybridized carbons (Fsp3) is 0.647. The molecule has 0 aromatic heterocycles. The Morgan fingerprint density at radius 1 is 0.950 bits per heavy atom. The third-order valence-corrected chi connectivity index (χ3v) is 8.53. The van der Waals surface area contributed by atoms with Crippen LogP contribution in [0.1, 0.15) is 48.9 Å². The van der Waals surface area contributed by atoms with Crippen LogP contribution in [0.2, 0.25) is 0 Å². The fourth-order valence-electron chi connectivity index (χ4n) is 5.53. The Bertz CT molecular complexity index is 502. The molecule has 0 radical (unpaired) electrons. The van der Waals surface area contributed by atoms with Crippen molar-refractivity contribution in [2.75, 3.05) is 0 Å². The Balaban J connectivity index is 1.71. The molecule has 4 fully saturated rings. The van der Waals surface area contributed by atoms with Crippen molar-refractivity contribution in [3.63, 3.8) is 0 Å². The second kappa shape index (κ2) is 5.09. The van der Waals surface area contributed by atoms with Crippen molar-refractivity contribution >= 4 is 47.8 Å². The molecule has 3 heteroatoms. The third kappa shape index (κ3) is 2.27. The van der Waals surface area contributed by atoms with Gasteiger partial charge in [-0.25, -0.2) is 0 Å². The van der Waals surface area contributed by atoms with Crippen LogP contribution >= 0.6 is 47.8 Å². The van der Waals surface area contributed by atoms with Gasteiger partial charge in [-0.15, -0.1) is 0 Å². The molecule has 4 saturated carbocycles. The van der Waals surface area contributed by atoms with Crippen molar-refractivity contribution in [3.8, 4) is 0 Å². The molecule has 5 rings (SSSR count). The molecular formula is C17H19Br3. The molecule has 0 amide bonds. The van der Waals surface area contributed by atoms with Crippen molar-refractivity contribution in [3.05, 3.63) is 32.7 Å². The summed E-state index contributed by atoms with van der Waals surface area (Å²) in [4.78, 5) is 0.496. The molecule has 1 aromatic rings. The number of hydrogen-bond acceptors (Lipinski definition) is 0. The van der Waals surface area contributed by atoms with Crippen LogP contribution in [-0.2, 0) is 0 Å². The molecule has 4 bridgehead atoms. The van der Waals surface area contributed by atoms with Gasteiger partial charge in [-0.2, -0.15) is 0 Å². The van der Waals surface area contributed by atoms with Crippen molar-refractivity contribution in [1.29, 1.82) is 0 Å². The standard InChI is InChI=1S/C17H19Br3/c18-13-1-2-15(19)14(6-13)16(20)17-7-10-3-11(8-17)5-12(4-10)9-17/h1-2,6,10-12,16H,3-5,7-9H2. The first kappa shape index (κ1) is 14.3. The number of benzene rings is 1. The predicted molar refractivity (Wildman–Crippen MR) is 94.1 cm³/mol. The second-order valence-corrected chi connectivity index (χ2v) is 9.99. The van der Waals surface area contributed by atoms with Gasteiger partial charge in [0.2, 0.25) is 0 Å². The van der Waals surface area contributed by atoms with Gasteiger partial charge in [0.25, 0.3) is 0 Å². The smallest absolute Gasteiger partial charge is 0.0463 e. The van der Waals surface area contributed by atoms with Crippen LogP contribution in [0.3, 0.4) is 0 Å². The Morgan fingerprint density at radius 2 is 1.50 bits per heavy atom. The van der Waals surface area contributed by atoms with Crippen LogP contribution in [0.25, 0.3) is 0 Å². The predicted octanol–water partition coefficient (Wildman–Crippen LogP) is 6.86. The topological polar surface area (TPSA) is 0 Å². The highest BCUT2D eigenvalue weighted by atomic mass is 79.9. The van der Waals surface area contributed by atoms with E-state index in [9.17, 15) is 0 Å². The van der Waals surface area contributed by atoms with E-state index in [4.69, 9.17) is 0 Å². The average Bonchev–Trinajstić information content (AvgIpc) is 2.39. The highest BCUT2D eigenvalue weighted by molar-refractivity contribution is 9.11. The first-order valence-corrected chi connectivity index (χ1v) is 10.1. The summed E-state index contributed by atoms with van der Waals surface area (Å²) >= 11 is 11.5. The minimum atomic E-state index is 0.496. The minimum absolute atomic E-state index is 0.496. The number of rotatable bonds is 2. The average molecular weight is 463 g/mol. The van der Waals surface area contributed by atoms with Gasteiger partial charge in [-0.1, -0.05) is 47.8 Å². The monoisotopic (exact) mass is 460 g/mol. The summed E-state index contributed by atoms with van der Waals surface area (Å²) in [7, 11) is 0. The molecule has 0 aliphatic heterocycles. The lowest BCUT2D eigenvalue weighted by atomic mass is 9.48. The largest absolute Gasteiger partial charge is 0.0832 e. The van der Waals surface area contributed by atoms with Crippen molar-refractivity contribution in [1.82, 2.24) is 0 Å². The van der Waals surface area contributed by atoms with E-state index in [1.165, 1.54) is 53.0 Å². The molecule has 1 atom stereocenters. The van der Waals surface area contributed by atoms with E-state index in [0.717, 1.165) is 17.8 Å². The van der Waals surface area contributed by atoms with Gasteiger partial charge in [0, 0.05) is 13.8 Å². The molecule has 4 aliphatic carbocycles. The van der Waals surface area contributed by atoms with Gasteiger partial charge in [-0.05, 0) is 85.5 Å². The van der Waals surface area contributed by atoms with Gasteiger partial charge in [0.1, 0.15) is 0 Å². The molecule has 0 saturated heterocycles. The van der Waals surface area contributed by atoms with Crippen LogP contribution < -0.4 is 0 Å². The van der Waals surface area contributed by atoms with E-state index in [-0.39, 0.29) is 0 Å². The molecule has 1 aromatic carbocycles. The molecule has 1 unspecified atom stereocenters. The summed E-state index contributed by atoms with van der Waals surface area (Å²) in [5.74, 6) is 3.02. The van der Waals surface area contributed by atoms with E-state index < -0.39 is 0 Å². The lowest BCUT2D eigenvalue weighted by molar-refractivity contribution is -0.0529. The molecular weight excluding hydrogens is 444 g/mol. The zero-order chi connectivity index (χ0) is 13.9. The van der Waals surface area contributed by atoms with Crippen LogP contribution in [-0.4, -0.2) is 0 Å². The summed E-state index contributed by atoms with van der Waals surface area (Å²) in [6.45, 7) is 0. The van der Waals surface area contributed by atoms with Crippen molar-refractivity contribution < 1.29 is 0 Å². The lowest BCUT2D eigenvalue weighted by Crippen LogP contribution is -2.47. The molecule has 0 nitrogen and oxygen atoms in total. The van der Waals surface area contributed by atoms with Gasteiger partial charge in [0.05, 0.1) is 0 Å². The molecule has 0 N–H and O–H groups in total. The fourth-order valence-corrected chi connectivity index (χ4v) is 7.63. The van der Waals surface area contributed by atoms with Gasteiger partial charge in [0.15, 0.2) is 0 Å². The first-order valence-electron chi connectivity index (χ1n) is 7.65. The maximum Gasteiger partial charge on any atom is 0.0463 e. The van der Waals surface area contributed by atoms with Crippen molar-refractivity contribution in [2.24, 2.45) is 23.2 Å². The Morgan fingerprint density at radius 3 is 2.05 bits per heavy atom. The van der Waals surface area contributed by atoms with E-state index >= 15 is 0 Å². The normalized spacial score (nSPS) is 40.0. The quantitative estimate of drug-likeness (QED) is 0.421. The summed E-state index contributed by atoms with van der Waals surface area (Å²) < 4.78 is 2.43. The number of alkyl halides is 1. The third-order valence-electron chi connectivity index (χ3n) is 5.85. The number of hydrogen-bond donors (Lipinski definition) is 0. The van der Waals surface area contributed by atoms with Crippen molar-refractivity contribution in [2.45, 2.75) is 43.4 Å². The van der Waals surface area contributed by atoms with E-state index in [0.29, 0.717) is 10.2 Å². The highest BCUT2D eigenvalue weighted by Gasteiger charge is 2.54. The SMILES string of the molecule is Brc1ccc(Br)c(C(Br)C23CC4CC(CC(C4)C2)C3)c1. The Labute approximate surface area is 146 Å². The Hall–Kier alpha value is 0.660. The molecule has 0 spiro atoms. The summed E-state index contributed by atoms with van der Waals surface area (Å²) in [5.41, 5.74) is 1.94. The van der Waals surface area contributed by atoms with Crippen LogP contribution in [0.4, 0.5) is 0 Å². The zero-order valence-electron chi connectivity index (χ0n) is 11.4. The summed E-state index contributed by atoms with van der Waals surface area (Å²) in [6, 6.07) is 6.59. The minimum Gasteiger partial charge on any atom is -0.0832 e. The maximum absolute atomic E-state index is 4.11. The van der Waals surface area contributed by atoms with Crippen LogP contribution in [0, 0.1) is 23.2 Å². The highest BCUT2D eigenvalue weighted by Crippen LogP contribution is 2.66. The first-order chi connectivity index (χ1) is 9.56. The van der Waals surface area contributed by atoms with Gasteiger partial charge in [-0.3, -0.25) is 0 Å². The number of halogens is 3. The van der Waals surface area contributed by atoms with E-state index in [2.05, 4.69) is 66.0 Å². The second-order valence-electron chi connectivity index (χ2n) is 7.31. The summed E-state index contributed by atoms with van der Waals surface area (Å²) in [5, 5.41) is 0. The lowest BCUT2D eigenvalue weighted by Gasteiger charge is -2.58. The van der Waals surface area contributed by atoms with E-state index in [1.807, 2.05) is 0 Å². The molecule has 0 heterocycles.